The Morgan fingerprint density at radius 1 is 1.46 bits per heavy atom. The van der Waals surface area contributed by atoms with Crippen molar-refractivity contribution >= 4 is 12.4 Å². The number of hydrogen-bond donors (Lipinski definition) is 1. The fourth-order valence-corrected chi connectivity index (χ4v) is 1.30. The van der Waals surface area contributed by atoms with Crippen LogP contribution in [0.15, 0.2) is 4.79 Å². The molecule has 0 saturated carbocycles. The number of rotatable bonds is 1. The molecular weight excluding hydrogens is 192 g/mol. The molecule has 0 bridgehead atoms. The van der Waals surface area contributed by atoms with Crippen molar-refractivity contribution in [2.24, 2.45) is 0 Å². The maximum atomic E-state index is 10.9. The average molecular weight is 205 g/mol. The van der Waals surface area contributed by atoms with E-state index in [0.29, 0.717) is 16.1 Å². The molecule has 0 aliphatic heterocycles. The first-order chi connectivity index (χ1) is 5.57. The topological polar surface area (TPSA) is 55.1 Å². The molecule has 0 aliphatic rings. The minimum Gasteiger partial charge on any atom is -0.424 e. The molecule has 5 heteroatoms. The molecule has 0 amide bonds. The fourth-order valence-electron chi connectivity index (χ4n) is 1.30. The molecule has 1 aromatic rings. The molecule has 0 fully saturated rings. The van der Waals surface area contributed by atoms with Crippen LogP contribution in [-0.4, -0.2) is 14.9 Å². The Morgan fingerprint density at radius 2 is 2.00 bits per heavy atom. The highest BCUT2D eigenvalue weighted by Crippen LogP contribution is 2.07. The van der Waals surface area contributed by atoms with Gasteiger partial charge < -0.3 is 5.21 Å². The van der Waals surface area contributed by atoms with Crippen molar-refractivity contribution in [1.82, 2.24) is 9.71 Å². The summed E-state index contributed by atoms with van der Waals surface area (Å²) in [4.78, 5) is 14.6. The maximum Gasteiger partial charge on any atom is 0.380 e. The van der Waals surface area contributed by atoms with Gasteiger partial charge in [0.05, 0.1) is 5.69 Å². The van der Waals surface area contributed by atoms with Gasteiger partial charge in [-0.15, -0.1) is 17.1 Å². The normalized spacial score (nSPS) is 9.46. The highest BCUT2D eigenvalue weighted by molar-refractivity contribution is 5.85. The van der Waals surface area contributed by atoms with E-state index in [2.05, 4.69) is 4.98 Å². The maximum absolute atomic E-state index is 10.9. The summed E-state index contributed by atoms with van der Waals surface area (Å²) in [5.41, 5.74) is 1.60. The Kier molecular flexibility index (Phi) is 3.94. The number of hydrogen-bond acceptors (Lipinski definition) is 3. The lowest BCUT2D eigenvalue weighted by molar-refractivity contribution is 0.162. The predicted octanol–water partition coefficient (Wildman–Crippen LogP) is 1.08. The third kappa shape index (κ3) is 2.01. The molecule has 4 nitrogen and oxygen atoms in total. The molecule has 0 aromatic carbocycles. The first-order valence-electron chi connectivity index (χ1n) is 3.86. The van der Waals surface area contributed by atoms with E-state index in [9.17, 15) is 10.0 Å². The van der Waals surface area contributed by atoms with Crippen LogP contribution in [0.3, 0.4) is 0 Å². The summed E-state index contributed by atoms with van der Waals surface area (Å²) in [6, 6.07) is 0. The van der Waals surface area contributed by atoms with Crippen LogP contribution in [0.4, 0.5) is 0 Å². The summed E-state index contributed by atoms with van der Waals surface area (Å²) >= 11 is 0. The highest BCUT2D eigenvalue weighted by atomic mass is 35.5. The van der Waals surface area contributed by atoms with E-state index in [0.717, 1.165) is 12.0 Å². The lowest BCUT2D eigenvalue weighted by Crippen LogP contribution is -2.25. The van der Waals surface area contributed by atoms with Gasteiger partial charge in [-0.05, 0) is 25.8 Å². The number of nitrogens with zero attached hydrogens (tertiary/aromatic N) is 2. The molecular formula is C8H13ClN2O2. The summed E-state index contributed by atoms with van der Waals surface area (Å²) < 4.78 is 0.589. The lowest BCUT2D eigenvalue weighted by Gasteiger charge is -2.07. The van der Waals surface area contributed by atoms with Gasteiger partial charge in [0.25, 0.3) is 0 Å². The Bertz CT molecular complexity index is 360. The van der Waals surface area contributed by atoms with E-state index in [-0.39, 0.29) is 12.4 Å². The summed E-state index contributed by atoms with van der Waals surface area (Å²) in [5, 5.41) is 9.18. The highest BCUT2D eigenvalue weighted by Gasteiger charge is 2.07. The van der Waals surface area contributed by atoms with Gasteiger partial charge in [-0.1, -0.05) is 6.92 Å². The molecule has 1 aromatic heterocycles. The van der Waals surface area contributed by atoms with Crippen LogP contribution in [-0.2, 0) is 6.42 Å². The predicted molar refractivity (Wildman–Crippen MR) is 51.8 cm³/mol. The second-order valence-corrected chi connectivity index (χ2v) is 2.71. The van der Waals surface area contributed by atoms with Crippen molar-refractivity contribution in [3.8, 4) is 0 Å². The molecule has 13 heavy (non-hydrogen) atoms. The third-order valence-electron chi connectivity index (χ3n) is 1.99. The molecule has 1 heterocycles. The van der Waals surface area contributed by atoms with Crippen LogP contribution in [0, 0.1) is 13.8 Å². The summed E-state index contributed by atoms with van der Waals surface area (Å²) in [6.07, 6.45) is 0.769. The van der Waals surface area contributed by atoms with Gasteiger partial charge in [0.15, 0.2) is 0 Å². The van der Waals surface area contributed by atoms with Crippen molar-refractivity contribution in [1.29, 1.82) is 0 Å². The van der Waals surface area contributed by atoms with Gasteiger partial charge in [-0.2, -0.15) is 4.98 Å². The van der Waals surface area contributed by atoms with Crippen molar-refractivity contribution in [2.45, 2.75) is 27.2 Å². The standard InChI is InChI=1S/C8H12N2O2.ClH/c1-4-7-5(2)9-8(11)10(12)6(7)3;/h12H,4H2,1-3H3;1H. The summed E-state index contributed by atoms with van der Waals surface area (Å²) in [7, 11) is 0. The van der Waals surface area contributed by atoms with E-state index in [4.69, 9.17) is 0 Å². The smallest absolute Gasteiger partial charge is 0.380 e. The van der Waals surface area contributed by atoms with Gasteiger partial charge in [0, 0.05) is 5.69 Å². The minimum atomic E-state index is -0.609. The number of aromatic nitrogens is 2. The van der Waals surface area contributed by atoms with Gasteiger partial charge in [0.1, 0.15) is 0 Å². The van der Waals surface area contributed by atoms with E-state index >= 15 is 0 Å². The quantitative estimate of drug-likeness (QED) is 0.697. The van der Waals surface area contributed by atoms with Crippen molar-refractivity contribution in [3.63, 3.8) is 0 Å². The molecule has 0 spiro atoms. The average Bonchev–Trinajstić information content (AvgIpc) is 2.01. The Balaban J connectivity index is 0.00000144. The second-order valence-electron chi connectivity index (χ2n) is 2.71. The first kappa shape index (κ1) is 12.0. The second kappa shape index (κ2) is 4.28. The zero-order valence-corrected chi connectivity index (χ0v) is 8.68. The van der Waals surface area contributed by atoms with Crippen molar-refractivity contribution in [3.05, 3.63) is 27.4 Å². The molecule has 0 atom stereocenters. The molecule has 74 valence electrons. The third-order valence-corrected chi connectivity index (χ3v) is 1.99. The van der Waals surface area contributed by atoms with E-state index in [1.165, 1.54) is 0 Å². The van der Waals surface area contributed by atoms with Gasteiger partial charge >= 0.3 is 5.69 Å². The first-order valence-corrected chi connectivity index (χ1v) is 3.86. The van der Waals surface area contributed by atoms with Crippen molar-refractivity contribution < 1.29 is 5.21 Å². The Morgan fingerprint density at radius 3 is 2.46 bits per heavy atom. The molecule has 0 aliphatic carbocycles. The number of halogens is 1. The van der Waals surface area contributed by atoms with Crippen LogP contribution in [0.1, 0.15) is 23.9 Å². The number of aryl methyl sites for hydroxylation is 1. The van der Waals surface area contributed by atoms with Gasteiger partial charge in [-0.25, -0.2) is 4.79 Å². The minimum absolute atomic E-state index is 0. The lowest BCUT2D eigenvalue weighted by atomic mass is 10.1. The monoisotopic (exact) mass is 204 g/mol. The van der Waals surface area contributed by atoms with E-state index in [1.807, 2.05) is 6.92 Å². The summed E-state index contributed by atoms with van der Waals surface area (Å²) in [6.45, 7) is 5.43. The fraction of sp³-hybridized carbons (Fsp3) is 0.500. The SMILES string of the molecule is CCc1c(C)nc(=O)n(O)c1C.Cl. The van der Waals surface area contributed by atoms with Crippen LogP contribution in [0.2, 0.25) is 0 Å². The largest absolute Gasteiger partial charge is 0.424 e. The van der Waals surface area contributed by atoms with E-state index in [1.54, 1.807) is 13.8 Å². The van der Waals surface area contributed by atoms with Crippen LogP contribution >= 0.6 is 12.4 Å². The van der Waals surface area contributed by atoms with E-state index < -0.39 is 5.69 Å². The molecule has 1 N–H and O–H groups in total. The Labute approximate surface area is 82.6 Å². The van der Waals surface area contributed by atoms with Gasteiger partial charge in [0.2, 0.25) is 0 Å². The Hall–Kier alpha value is -1.03. The molecule has 0 radical (unpaired) electrons. The zero-order chi connectivity index (χ0) is 9.30. The van der Waals surface area contributed by atoms with Crippen LogP contribution < -0.4 is 5.69 Å². The van der Waals surface area contributed by atoms with Gasteiger partial charge in [-0.3, -0.25) is 0 Å². The zero-order valence-electron chi connectivity index (χ0n) is 7.87. The van der Waals surface area contributed by atoms with Crippen LogP contribution in [0.5, 0.6) is 0 Å². The summed E-state index contributed by atoms with van der Waals surface area (Å²) in [5.74, 6) is 0. The molecule has 1 rings (SSSR count). The molecule has 0 saturated heterocycles. The van der Waals surface area contributed by atoms with Crippen molar-refractivity contribution in [2.75, 3.05) is 0 Å². The molecule has 0 unspecified atom stereocenters. The van der Waals surface area contributed by atoms with Crippen LogP contribution in [0.25, 0.3) is 0 Å².